The van der Waals surface area contributed by atoms with E-state index in [1.807, 2.05) is 0 Å². The molecular weight excluding hydrogens is 350 g/mol. The maximum Gasteiger partial charge on any atom is 0.303 e. The summed E-state index contributed by atoms with van der Waals surface area (Å²) in [5.74, 6) is -1.74. The normalized spacial score (nSPS) is 11.5. The molecule has 8 heteroatoms. The van der Waals surface area contributed by atoms with Gasteiger partial charge in [-0.25, -0.2) is 4.98 Å². The number of carboxylic acid groups (broad SMARTS) is 1. The third kappa shape index (κ3) is 4.54. The van der Waals surface area contributed by atoms with Crippen molar-refractivity contribution in [3.63, 3.8) is 0 Å². The van der Waals surface area contributed by atoms with Gasteiger partial charge >= 0.3 is 5.97 Å². The number of hydrogen-bond acceptors (Lipinski definition) is 5. The smallest absolute Gasteiger partial charge is 0.303 e. The van der Waals surface area contributed by atoms with Gasteiger partial charge in [0.25, 0.3) is 0 Å². The lowest BCUT2D eigenvalue weighted by molar-refractivity contribution is -0.137. The maximum atomic E-state index is 12.1. The average Bonchev–Trinajstić information content (AvgIpc) is 2.95. The van der Waals surface area contributed by atoms with Gasteiger partial charge in [-0.1, -0.05) is 42.0 Å². The summed E-state index contributed by atoms with van der Waals surface area (Å²) in [5, 5.41) is 21.4. The minimum Gasteiger partial charge on any atom is -0.481 e. The molecule has 0 radical (unpaired) electrons. The number of rotatable bonds is 6. The Hall–Kier alpha value is -2.43. The fraction of sp³-hybridized carbons (Fsp3) is 0.250. The average molecular weight is 364 g/mol. The molecule has 0 saturated carbocycles. The second-order valence-electron chi connectivity index (χ2n) is 5.14. The molecule has 0 saturated heterocycles. The van der Waals surface area contributed by atoms with E-state index in [1.165, 1.54) is 0 Å². The lowest BCUT2D eigenvalue weighted by atomic mass is 10.1. The number of carbonyl (C=O) groups excluding carboxylic acids is 1. The second kappa shape index (κ2) is 7.90. The molecule has 1 heterocycles. The number of anilines is 1. The Morgan fingerprint density at radius 2 is 2.25 bits per heavy atom. The summed E-state index contributed by atoms with van der Waals surface area (Å²) < 4.78 is 0. The molecule has 2 aromatic rings. The Bertz CT molecular complexity index is 813. The Balaban J connectivity index is 2.17. The van der Waals surface area contributed by atoms with Crippen molar-refractivity contribution in [2.24, 2.45) is 5.92 Å². The topological polar surface area (TPSA) is 103 Å². The largest absolute Gasteiger partial charge is 0.481 e. The number of nitriles is 1. The Morgan fingerprint density at radius 1 is 1.50 bits per heavy atom. The van der Waals surface area contributed by atoms with Crippen molar-refractivity contribution < 1.29 is 14.7 Å². The number of carboxylic acids is 1. The SMILES string of the molecule is CC(CCC(=O)O)C(=O)Nc1nc(-c2cccc(Cl)c2)c(C#N)s1. The van der Waals surface area contributed by atoms with Gasteiger partial charge in [-0.05, 0) is 18.6 Å². The molecule has 124 valence electrons. The standard InChI is InChI=1S/C16H14ClN3O3S/c1-9(5-6-13(21)22)15(23)20-16-19-14(12(8-18)24-16)10-3-2-4-11(17)7-10/h2-4,7,9H,5-6H2,1H3,(H,21,22)(H,19,20,23). The maximum absolute atomic E-state index is 12.1. The summed E-state index contributed by atoms with van der Waals surface area (Å²) in [6.07, 6.45) is 0.155. The van der Waals surface area contributed by atoms with E-state index >= 15 is 0 Å². The van der Waals surface area contributed by atoms with Gasteiger partial charge in [0.05, 0.1) is 0 Å². The number of aromatic nitrogens is 1. The first kappa shape index (κ1) is 17.9. The fourth-order valence-electron chi connectivity index (χ4n) is 1.98. The van der Waals surface area contributed by atoms with Crippen LogP contribution < -0.4 is 5.32 Å². The summed E-state index contributed by atoms with van der Waals surface area (Å²) in [5.41, 5.74) is 1.15. The summed E-state index contributed by atoms with van der Waals surface area (Å²) in [6.45, 7) is 1.65. The van der Waals surface area contributed by atoms with E-state index in [2.05, 4.69) is 16.4 Å². The number of aliphatic carboxylic acids is 1. The lowest BCUT2D eigenvalue weighted by Crippen LogP contribution is -2.21. The van der Waals surface area contributed by atoms with E-state index < -0.39 is 11.9 Å². The zero-order valence-corrected chi connectivity index (χ0v) is 14.3. The molecule has 0 aliphatic heterocycles. The Kier molecular flexibility index (Phi) is 5.90. The van der Waals surface area contributed by atoms with Crippen LogP contribution in [-0.2, 0) is 9.59 Å². The minimum absolute atomic E-state index is 0.0797. The Labute approximate surface area is 147 Å². The molecule has 1 aromatic heterocycles. The summed E-state index contributed by atoms with van der Waals surface area (Å²) in [6, 6.07) is 9.01. The van der Waals surface area contributed by atoms with Crippen molar-refractivity contribution >= 4 is 39.9 Å². The van der Waals surface area contributed by atoms with E-state index in [4.69, 9.17) is 16.7 Å². The molecule has 1 unspecified atom stereocenters. The Morgan fingerprint density at radius 3 is 2.88 bits per heavy atom. The number of hydrogen-bond donors (Lipinski definition) is 2. The molecule has 0 spiro atoms. The molecule has 0 aliphatic rings. The minimum atomic E-state index is -0.945. The molecule has 24 heavy (non-hydrogen) atoms. The molecule has 2 N–H and O–H groups in total. The number of benzene rings is 1. The highest BCUT2D eigenvalue weighted by molar-refractivity contribution is 7.16. The first-order valence-electron chi connectivity index (χ1n) is 7.10. The van der Waals surface area contributed by atoms with Crippen molar-refractivity contribution in [2.75, 3.05) is 5.32 Å². The van der Waals surface area contributed by atoms with Crippen molar-refractivity contribution in [2.45, 2.75) is 19.8 Å². The van der Waals surface area contributed by atoms with Gasteiger partial charge in [0, 0.05) is 22.9 Å². The third-order valence-corrected chi connectivity index (χ3v) is 4.41. The molecular formula is C16H14ClN3O3S. The number of amides is 1. The third-order valence-electron chi connectivity index (χ3n) is 3.30. The summed E-state index contributed by atoms with van der Waals surface area (Å²) in [7, 11) is 0. The number of nitrogens with zero attached hydrogens (tertiary/aromatic N) is 2. The summed E-state index contributed by atoms with van der Waals surface area (Å²) in [4.78, 5) is 27.3. The van der Waals surface area contributed by atoms with Gasteiger partial charge in [0.15, 0.2) is 5.13 Å². The quantitative estimate of drug-likeness (QED) is 0.812. The molecule has 6 nitrogen and oxygen atoms in total. The van der Waals surface area contributed by atoms with Crippen LogP contribution in [0.2, 0.25) is 5.02 Å². The molecule has 1 atom stereocenters. The van der Waals surface area contributed by atoms with Gasteiger partial charge < -0.3 is 10.4 Å². The van der Waals surface area contributed by atoms with Crippen molar-refractivity contribution in [3.05, 3.63) is 34.2 Å². The first-order valence-corrected chi connectivity index (χ1v) is 8.29. The van der Waals surface area contributed by atoms with E-state index in [1.54, 1.807) is 31.2 Å². The zero-order chi connectivity index (χ0) is 17.7. The molecule has 2 rings (SSSR count). The van der Waals surface area contributed by atoms with Crippen LogP contribution in [0, 0.1) is 17.2 Å². The summed E-state index contributed by atoms with van der Waals surface area (Å²) >= 11 is 7.03. The van der Waals surface area contributed by atoms with E-state index in [-0.39, 0.29) is 18.7 Å². The predicted octanol–water partition coefficient (Wildman–Crippen LogP) is 3.77. The van der Waals surface area contributed by atoms with Gasteiger partial charge in [0.2, 0.25) is 5.91 Å². The van der Waals surface area contributed by atoms with Crippen molar-refractivity contribution in [3.8, 4) is 17.3 Å². The number of carbonyl (C=O) groups is 2. The van der Waals surface area contributed by atoms with E-state index in [0.717, 1.165) is 11.3 Å². The van der Waals surface area contributed by atoms with Crippen LogP contribution in [0.15, 0.2) is 24.3 Å². The second-order valence-corrected chi connectivity index (χ2v) is 6.58. The molecule has 1 aromatic carbocycles. The number of thiazole rings is 1. The zero-order valence-electron chi connectivity index (χ0n) is 12.7. The molecule has 1 amide bonds. The highest BCUT2D eigenvalue weighted by Gasteiger charge is 2.18. The van der Waals surface area contributed by atoms with E-state index in [0.29, 0.717) is 26.3 Å². The predicted molar refractivity (Wildman–Crippen MR) is 91.9 cm³/mol. The van der Waals surface area contributed by atoms with Crippen molar-refractivity contribution in [1.29, 1.82) is 5.26 Å². The van der Waals surface area contributed by atoms with Crippen LogP contribution in [0.5, 0.6) is 0 Å². The van der Waals surface area contributed by atoms with Crippen LogP contribution in [-0.4, -0.2) is 22.0 Å². The van der Waals surface area contributed by atoms with Gasteiger partial charge in [0.1, 0.15) is 16.6 Å². The molecule has 0 bridgehead atoms. The highest BCUT2D eigenvalue weighted by Crippen LogP contribution is 2.32. The molecule has 0 aliphatic carbocycles. The van der Waals surface area contributed by atoms with Crippen LogP contribution in [0.25, 0.3) is 11.3 Å². The highest BCUT2D eigenvalue weighted by atomic mass is 35.5. The lowest BCUT2D eigenvalue weighted by Gasteiger charge is -2.08. The van der Waals surface area contributed by atoms with Crippen LogP contribution >= 0.6 is 22.9 Å². The van der Waals surface area contributed by atoms with Gasteiger partial charge in [-0.15, -0.1) is 0 Å². The van der Waals surface area contributed by atoms with Crippen molar-refractivity contribution in [1.82, 2.24) is 4.98 Å². The fourth-order valence-corrected chi connectivity index (χ4v) is 2.96. The monoisotopic (exact) mass is 363 g/mol. The van der Waals surface area contributed by atoms with Gasteiger partial charge in [-0.2, -0.15) is 5.26 Å². The van der Waals surface area contributed by atoms with Crippen LogP contribution in [0.1, 0.15) is 24.6 Å². The van der Waals surface area contributed by atoms with Gasteiger partial charge in [-0.3, -0.25) is 9.59 Å². The van der Waals surface area contributed by atoms with Crippen LogP contribution in [0.4, 0.5) is 5.13 Å². The number of halogens is 1. The van der Waals surface area contributed by atoms with Crippen LogP contribution in [0.3, 0.4) is 0 Å². The number of nitrogens with one attached hydrogen (secondary N) is 1. The first-order chi connectivity index (χ1) is 11.4. The molecule has 0 fully saturated rings. The van der Waals surface area contributed by atoms with E-state index in [9.17, 15) is 14.9 Å².